The number of hydrogen-bond donors (Lipinski definition) is 1. The number of piperidine rings is 1. The minimum Gasteiger partial charge on any atom is -0.379 e. The SMILES string of the molecule is Cc1cc(C)n(CC2CCN(C(=O)C3(O)CCSC3)CC2)n1. The van der Waals surface area contributed by atoms with Crippen LogP contribution < -0.4 is 0 Å². The van der Waals surface area contributed by atoms with E-state index in [4.69, 9.17) is 0 Å². The molecule has 6 heteroatoms. The molecule has 1 aromatic heterocycles. The van der Waals surface area contributed by atoms with Crippen molar-refractivity contribution in [3.8, 4) is 0 Å². The van der Waals surface area contributed by atoms with E-state index in [0.29, 0.717) is 18.1 Å². The van der Waals surface area contributed by atoms with Crippen LogP contribution in [0.5, 0.6) is 0 Å². The third kappa shape index (κ3) is 3.18. The van der Waals surface area contributed by atoms with E-state index in [9.17, 15) is 9.90 Å². The number of hydrogen-bond acceptors (Lipinski definition) is 4. The Morgan fingerprint density at radius 2 is 2.18 bits per heavy atom. The van der Waals surface area contributed by atoms with Crippen LogP contribution in [0.3, 0.4) is 0 Å². The number of likely N-dealkylation sites (tertiary alicyclic amines) is 1. The zero-order chi connectivity index (χ0) is 15.7. The summed E-state index contributed by atoms with van der Waals surface area (Å²) in [6, 6.07) is 2.10. The van der Waals surface area contributed by atoms with Crippen molar-refractivity contribution >= 4 is 17.7 Å². The predicted molar refractivity (Wildman–Crippen MR) is 87.9 cm³/mol. The molecule has 1 amide bonds. The van der Waals surface area contributed by atoms with Gasteiger partial charge in [-0.1, -0.05) is 0 Å². The van der Waals surface area contributed by atoms with Crippen molar-refractivity contribution in [2.45, 2.75) is 45.3 Å². The monoisotopic (exact) mass is 323 g/mol. The van der Waals surface area contributed by atoms with Crippen LogP contribution in [-0.4, -0.2) is 55.9 Å². The van der Waals surface area contributed by atoms with E-state index in [-0.39, 0.29) is 5.91 Å². The Kier molecular flexibility index (Phi) is 4.50. The molecule has 5 nitrogen and oxygen atoms in total. The zero-order valence-corrected chi connectivity index (χ0v) is 14.2. The molecule has 2 fully saturated rings. The maximum absolute atomic E-state index is 12.5. The molecule has 0 saturated carbocycles. The topological polar surface area (TPSA) is 58.4 Å². The molecule has 0 spiro atoms. The summed E-state index contributed by atoms with van der Waals surface area (Å²) in [6.07, 6.45) is 2.59. The highest BCUT2D eigenvalue weighted by Crippen LogP contribution is 2.31. The summed E-state index contributed by atoms with van der Waals surface area (Å²) in [6.45, 7) is 6.56. The minimum atomic E-state index is -1.10. The molecule has 2 aliphatic rings. The normalized spacial score (nSPS) is 26.6. The van der Waals surface area contributed by atoms with E-state index >= 15 is 0 Å². The van der Waals surface area contributed by atoms with Crippen molar-refractivity contribution in [3.05, 3.63) is 17.5 Å². The lowest BCUT2D eigenvalue weighted by Crippen LogP contribution is -2.51. The summed E-state index contributed by atoms with van der Waals surface area (Å²) in [4.78, 5) is 14.4. The Labute approximate surface area is 136 Å². The first-order chi connectivity index (χ1) is 10.5. The van der Waals surface area contributed by atoms with Crippen LogP contribution in [0.15, 0.2) is 6.07 Å². The molecule has 1 aromatic rings. The highest BCUT2D eigenvalue weighted by molar-refractivity contribution is 7.99. The van der Waals surface area contributed by atoms with Crippen LogP contribution in [0.25, 0.3) is 0 Å². The van der Waals surface area contributed by atoms with Crippen molar-refractivity contribution in [1.82, 2.24) is 14.7 Å². The molecule has 2 saturated heterocycles. The second kappa shape index (κ2) is 6.24. The van der Waals surface area contributed by atoms with E-state index in [1.54, 1.807) is 11.8 Å². The van der Waals surface area contributed by atoms with Crippen molar-refractivity contribution in [2.75, 3.05) is 24.6 Å². The van der Waals surface area contributed by atoms with Crippen LogP contribution in [0.2, 0.25) is 0 Å². The van der Waals surface area contributed by atoms with Gasteiger partial charge < -0.3 is 10.0 Å². The van der Waals surface area contributed by atoms with Gasteiger partial charge >= 0.3 is 0 Å². The van der Waals surface area contributed by atoms with Crippen LogP contribution in [-0.2, 0) is 11.3 Å². The smallest absolute Gasteiger partial charge is 0.255 e. The first-order valence-corrected chi connectivity index (χ1v) is 9.24. The molecule has 2 aliphatic heterocycles. The number of aromatic nitrogens is 2. The summed E-state index contributed by atoms with van der Waals surface area (Å²) in [5, 5.41) is 15.0. The van der Waals surface area contributed by atoms with Gasteiger partial charge in [-0.3, -0.25) is 9.48 Å². The van der Waals surface area contributed by atoms with E-state index in [1.807, 2.05) is 11.8 Å². The van der Waals surface area contributed by atoms with Gasteiger partial charge in [-0.25, -0.2) is 0 Å². The van der Waals surface area contributed by atoms with Gasteiger partial charge in [-0.2, -0.15) is 16.9 Å². The molecule has 0 aromatic carbocycles. The minimum absolute atomic E-state index is 0.0536. The summed E-state index contributed by atoms with van der Waals surface area (Å²) >= 11 is 1.67. The van der Waals surface area contributed by atoms with Gasteiger partial charge in [-0.15, -0.1) is 0 Å². The number of aliphatic hydroxyl groups is 1. The van der Waals surface area contributed by atoms with E-state index in [2.05, 4.69) is 22.8 Å². The fourth-order valence-corrected chi connectivity index (χ4v) is 4.67. The Morgan fingerprint density at radius 3 is 2.73 bits per heavy atom. The van der Waals surface area contributed by atoms with Crippen LogP contribution in [0.4, 0.5) is 0 Å². The molecule has 22 heavy (non-hydrogen) atoms. The summed E-state index contributed by atoms with van der Waals surface area (Å²) in [5.74, 6) is 1.95. The lowest BCUT2D eigenvalue weighted by atomic mass is 9.94. The lowest BCUT2D eigenvalue weighted by molar-refractivity contribution is -0.150. The van der Waals surface area contributed by atoms with Gasteiger partial charge in [0.25, 0.3) is 5.91 Å². The molecule has 1 unspecified atom stereocenters. The van der Waals surface area contributed by atoms with E-state index in [1.165, 1.54) is 5.69 Å². The standard InChI is InChI=1S/C16H25N3O2S/c1-12-9-13(2)19(17-12)10-14-3-6-18(7-4-14)15(20)16(21)5-8-22-11-16/h9,14,21H,3-8,10-11H2,1-2H3. The molecule has 1 N–H and O–H groups in total. The van der Waals surface area contributed by atoms with E-state index < -0.39 is 5.60 Å². The number of aryl methyl sites for hydroxylation is 2. The molecule has 0 bridgehead atoms. The molecule has 0 aliphatic carbocycles. The number of rotatable bonds is 3. The van der Waals surface area contributed by atoms with Gasteiger partial charge in [0, 0.05) is 31.1 Å². The number of carbonyl (C=O) groups is 1. The summed E-state index contributed by atoms with van der Waals surface area (Å²) < 4.78 is 2.08. The molecule has 3 heterocycles. The molecular formula is C16H25N3O2S. The van der Waals surface area contributed by atoms with Gasteiger partial charge in [0.05, 0.1) is 5.69 Å². The molecule has 0 radical (unpaired) electrons. The molecule has 3 rings (SSSR count). The summed E-state index contributed by atoms with van der Waals surface area (Å²) in [5.41, 5.74) is 1.16. The maximum Gasteiger partial charge on any atom is 0.255 e. The zero-order valence-electron chi connectivity index (χ0n) is 13.4. The number of thioether (sulfide) groups is 1. The van der Waals surface area contributed by atoms with Crippen molar-refractivity contribution in [1.29, 1.82) is 0 Å². The van der Waals surface area contributed by atoms with Crippen LogP contribution >= 0.6 is 11.8 Å². The third-order valence-corrected chi connectivity index (χ3v) is 6.01. The fourth-order valence-electron chi connectivity index (χ4n) is 3.44. The van der Waals surface area contributed by atoms with E-state index in [0.717, 1.165) is 43.9 Å². The average Bonchev–Trinajstić information content (AvgIpc) is 3.06. The highest BCUT2D eigenvalue weighted by Gasteiger charge is 2.42. The summed E-state index contributed by atoms with van der Waals surface area (Å²) in [7, 11) is 0. The molecule has 1 atom stereocenters. The van der Waals surface area contributed by atoms with Crippen molar-refractivity contribution < 1.29 is 9.90 Å². The largest absolute Gasteiger partial charge is 0.379 e. The van der Waals surface area contributed by atoms with Gasteiger partial charge in [-0.05, 0) is 50.8 Å². The first-order valence-electron chi connectivity index (χ1n) is 8.08. The lowest BCUT2D eigenvalue weighted by Gasteiger charge is -2.36. The highest BCUT2D eigenvalue weighted by atomic mass is 32.2. The molecular weight excluding hydrogens is 298 g/mol. The third-order valence-electron chi connectivity index (χ3n) is 4.84. The van der Waals surface area contributed by atoms with Crippen LogP contribution in [0.1, 0.15) is 30.7 Å². The Morgan fingerprint density at radius 1 is 1.45 bits per heavy atom. The number of amides is 1. The first kappa shape index (κ1) is 15.9. The van der Waals surface area contributed by atoms with Crippen LogP contribution in [0, 0.1) is 19.8 Å². The Balaban J connectivity index is 1.54. The fraction of sp³-hybridized carbons (Fsp3) is 0.750. The molecule has 122 valence electrons. The van der Waals surface area contributed by atoms with Gasteiger partial charge in [0.2, 0.25) is 0 Å². The van der Waals surface area contributed by atoms with Gasteiger partial charge in [0.1, 0.15) is 0 Å². The Hall–Kier alpha value is -1.01. The van der Waals surface area contributed by atoms with Crippen molar-refractivity contribution in [3.63, 3.8) is 0 Å². The second-order valence-electron chi connectivity index (χ2n) is 6.68. The Bertz CT molecular complexity index is 544. The van der Waals surface area contributed by atoms with Gasteiger partial charge in [0.15, 0.2) is 5.60 Å². The maximum atomic E-state index is 12.5. The predicted octanol–water partition coefficient (Wildman–Crippen LogP) is 1.61. The second-order valence-corrected chi connectivity index (χ2v) is 7.78. The number of nitrogens with zero attached hydrogens (tertiary/aromatic N) is 3. The quantitative estimate of drug-likeness (QED) is 0.918. The van der Waals surface area contributed by atoms with Crippen molar-refractivity contribution in [2.24, 2.45) is 5.92 Å². The average molecular weight is 323 g/mol. The number of carbonyl (C=O) groups excluding carboxylic acids is 1.